The molecule has 0 aliphatic heterocycles. The smallest absolute Gasteiger partial charge is 0.264 e. The second-order valence-electron chi connectivity index (χ2n) is 9.43. The number of amides is 2. The second-order valence-corrected chi connectivity index (χ2v) is 11.7. The first-order valence-corrected chi connectivity index (χ1v) is 14.9. The van der Waals surface area contributed by atoms with Gasteiger partial charge >= 0.3 is 0 Å². The van der Waals surface area contributed by atoms with Gasteiger partial charge in [0.2, 0.25) is 11.8 Å². The van der Waals surface area contributed by atoms with Crippen LogP contribution in [0.2, 0.25) is 5.02 Å². The van der Waals surface area contributed by atoms with Gasteiger partial charge in [0.1, 0.15) is 18.3 Å². The normalized spacial score (nSPS) is 11.9. The summed E-state index contributed by atoms with van der Waals surface area (Å²) in [6.45, 7) is 5.43. The first kappa shape index (κ1) is 31.0. The molecule has 3 rings (SSSR count). The minimum atomic E-state index is -4.20. The van der Waals surface area contributed by atoms with E-state index in [9.17, 15) is 18.0 Å². The van der Waals surface area contributed by atoms with Gasteiger partial charge in [-0.1, -0.05) is 73.0 Å². The fraction of sp³-hybridized carbons (Fsp3) is 0.333. The Bertz CT molecular complexity index is 1410. The number of aryl methyl sites for hydroxylation is 1. The molecule has 1 N–H and O–H groups in total. The van der Waals surface area contributed by atoms with E-state index in [2.05, 4.69) is 5.32 Å². The molecular weight excluding hydrogens is 550 g/mol. The van der Waals surface area contributed by atoms with Crippen molar-refractivity contribution in [2.75, 3.05) is 24.5 Å². The minimum Gasteiger partial charge on any atom is -0.495 e. The van der Waals surface area contributed by atoms with Crippen molar-refractivity contribution in [3.63, 3.8) is 0 Å². The molecule has 0 aromatic heterocycles. The summed E-state index contributed by atoms with van der Waals surface area (Å²) >= 11 is 6.40. The number of carbonyl (C=O) groups is 2. The molecule has 10 heteroatoms. The number of hydrogen-bond donors (Lipinski definition) is 1. The van der Waals surface area contributed by atoms with Crippen molar-refractivity contribution < 1.29 is 22.7 Å². The lowest BCUT2D eigenvalue weighted by molar-refractivity contribution is -0.139. The molecule has 8 nitrogen and oxygen atoms in total. The summed E-state index contributed by atoms with van der Waals surface area (Å²) in [6.07, 6.45) is 1.70. The Morgan fingerprint density at radius 3 is 2.30 bits per heavy atom. The average molecular weight is 586 g/mol. The Labute approximate surface area is 241 Å². The maximum atomic E-state index is 14.0. The molecular formula is C30H36ClN3O5S. The highest BCUT2D eigenvalue weighted by molar-refractivity contribution is 7.92. The van der Waals surface area contributed by atoms with E-state index in [4.69, 9.17) is 16.3 Å². The van der Waals surface area contributed by atoms with Crippen molar-refractivity contribution in [3.8, 4) is 5.75 Å². The number of nitrogens with zero attached hydrogens (tertiary/aromatic N) is 2. The number of rotatable bonds is 13. The molecule has 3 aromatic carbocycles. The largest absolute Gasteiger partial charge is 0.495 e. The van der Waals surface area contributed by atoms with Gasteiger partial charge in [-0.25, -0.2) is 8.42 Å². The third-order valence-corrected chi connectivity index (χ3v) is 8.68. The molecule has 0 aliphatic rings. The molecule has 1 atom stereocenters. The number of anilines is 1. The molecule has 0 aliphatic carbocycles. The molecule has 2 amide bonds. The van der Waals surface area contributed by atoms with Gasteiger partial charge in [-0.3, -0.25) is 13.9 Å². The van der Waals surface area contributed by atoms with Crippen LogP contribution in [0.15, 0.2) is 77.7 Å². The second kappa shape index (κ2) is 14.2. The molecule has 0 unspecified atom stereocenters. The molecule has 0 fully saturated rings. The standard InChI is InChI=1S/C30H36ClN3O5S/c1-5-6-19-32-30(36)23(3)33(20-24-11-7-8-12-26(24)31)29(35)21-34(27-13-9-10-14-28(27)39-4)40(37,38)25-17-15-22(2)16-18-25/h7-18,23H,5-6,19-21H2,1-4H3,(H,32,36)/t23-/m1/s1. The summed E-state index contributed by atoms with van der Waals surface area (Å²) in [5.74, 6) is -0.618. The van der Waals surface area contributed by atoms with Crippen LogP contribution < -0.4 is 14.4 Å². The quantitative estimate of drug-likeness (QED) is 0.279. The average Bonchev–Trinajstić information content (AvgIpc) is 2.95. The van der Waals surface area contributed by atoms with Gasteiger partial charge in [-0.15, -0.1) is 0 Å². The molecule has 40 heavy (non-hydrogen) atoms. The predicted octanol–water partition coefficient (Wildman–Crippen LogP) is 5.19. The molecule has 0 saturated carbocycles. The highest BCUT2D eigenvalue weighted by Gasteiger charge is 2.33. The lowest BCUT2D eigenvalue weighted by Crippen LogP contribution is -2.51. The SMILES string of the molecule is CCCCNC(=O)[C@@H](C)N(Cc1ccccc1Cl)C(=O)CN(c1ccccc1OC)S(=O)(=O)c1ccc(C)cc1. The topological polar surface area (TPSA) is 96.0 Å². The van der Waals surface area contributed by atoms with E-state index >= 15 is 0 Å². The van der Waals surface area contributed by atoms with Crippen LogP contribution in [0.5, 0.6) is 5.75 Å². The number of carbonyl (C=O) groups excluding carboxylic acids is 2. The van der Waals surface area contributed by atoms with Crippen LogP contribution in [0.3, 0.4) is 0 Å². The Kier molecular flexibility index (Phi) is 11.0. The number of sulfonamides is 1. The first-order valence-electron chi connectivity index (χ1n) is 13.1. The van der Waals surface area contributed by atoms with E-state index in [1.54, 1.807) is 67.6 Å². The Balaban J connectivity index is 2.05. The van der Waals surface area contributed by atoms with E-state index < -0.39 is 28.5 Å². The zero-order valence-electron chi connectivity index (χ0n) is 23.3. The van der Waals surface area contributed by atoms with Crippen LogP contribution >= 0.6 is 11.6 Å². The third-order valence-electron chi connectivity index (χ3n) is 6.54. The number of ether oxygens (including phenoxy) is 1. The van der Waals surface area contributed by atoms with Crippen LogP contribution in [-0.2, 0) is 26.2 Å². The van der Waals surface area contributed by atoms with Crippen LogP contribution in [0.25, 0.3) is 0 Å². The van der Waals surface area contributed by atoms with Crippen molar-refractivity contribution in [1.82, 2.24) is 10.2 Å². The maximum Gasteiger partial charge on any atom is 0.264 e. The number of benzene rings is 3. The molecule has 214 valence electrons. The van der Waals surface area contributed by atoms with Crippen molar-refractivity contribution in [2.24, 2.45) is 0 Å². The van der Waals surface area contributed by atoms with Gasteiger partial charge in [0.25, 0.3) is 10.0 Å². The number of halogens is 1. The van der Waals surface area contributed by atoms with Gasteiger partial charge in [-0.05, 0) is 56.2 Å². The van der Waals surface area contributed by atoms with E-state index in [0.29, 0.717) is 17.1 Å². The fourth-order valence-corrected chi connectivity index (χ4v) is 5.74. The number of unbranched alkanes of at least 4 members (excludes halogenated alkanes) is 1. The molecule has 3 aromatic rings. The maximum absolute atomic E-state index is 14.0. The van der Waals surface area contributed by atoms with Gasteiger partial charge in [0.15, 0.2) is 0 Å². The zero-order valence-corrected chi connectivity index (χ0v) is 24.8. The molecule has 0 radical (unpaired) electrons. The highest BCUT2D eigenvalue weighted by atomic mass is 35.5. The van der Waals surface area contributed by atoms with E-state index in [0.717, 1.165) is 22.7 Å². The molecule has 0 spiro atoms. The van der Waals surface area contributed by atoms with Crippen molar-refractivity contribution in [1.29, 1.82) is 0 Å². The van der Waals surface area contributed by atoms with E-state index in [1.165, 1.54) is 24.1 Å². The number of methoxy groups -OCH3 is 1. The highest BCUT2D eigenvalue weighted by Crippen LogP contribution is 2.32. The summed E-state index contributed by atoms with van der Waals surface area (Å²) in [5, 5.41) is 3.30. The molecule has 0 heterocycles. The number of para-hydroxylation sites is 2. The Morgan fingerprint density at radius 2 is 1.65 bits per heavy atom. The number of hydrogen-bond acceptors (Lipinski definition) is 5. The van der Waals surface area contributed by atoms with Crippen LogP contribution in [0.4, 0.5) is 5.69 Å². The monoisotopic (exact) mass is 585 g/mol. The van der Waals surface area contributed by atoms with Crippen LogP contribution in [0.1, 0.15) is 37.8 Å². The van der Waals surface area contributed by atoms with Gasteiger partial charge in [0, 0.05) is 18.1 Å². The molecule has 0 saturated heterocycles. The summed E-state index contributed by atoms with van der Waals surface area (Å²) in [6, 6.07) is 19.1. The molecule has 0 bridgehead atoms. The first-order chi connectivity index (χ1) is 19.1. The summed E-state index contributed by atoms with van der Waals surface area (Å²) in [5.41, 5.74) is 1.74. The predicted molar refractivity (Wildman–Crippen MR) is 158 cm³/mol. The lowest BCUT2D eigenvalue weighted by Gasteiger charge is -2.32. The van der Waals surface area contributed by atoms with Crippen LogP contribution in [-0.4, -0.2) is 51.4 Å². The van der Waals surface area contributed by atoms with Gasteiger partial charge in [-0.2, -0.15) is 0 Å². The van der Waals surface area contributed by atoms with E-state index in [1.807, 2.05) is 13.8 Å². The summed E-state index contributed by atoms with van der Waals surface area (Å²) in [4.78, 5) is 28.4. The van der Waals surface area contributed by atoms with Crippen molar-refractivity contribution in [2.45, 2.75) is 51.1 Å². The summed E-state index contributed by atoms with van der Waals surface area (Å²) in [7, 11) is -2.76. The third kappa shape index (κ3) is 7.55. The Morgan fingerprint density at radius 1 is 1.00 bits per heavy atom. The summed E-state index contributed by atoms with van der Waals surface area (Å²) < 4.78 is 34.4. The zero-order chi connectivity index (χ0) is 29.3. The van der Waals surface area contributed by atoms with Gasteiger partial charge < -0.3 is 15.0 Å². The van der Waals surface area contributed by atoms with Crippen LogP contribution in [0, 0.1) is 6.92 Å². The van der Waals surface area contributed by atoms with Crippen molar-refractivity contribution >= 4 is 39.1 Å². The fourth-order valence-electron chi connectivity index (χ4n) is 4.12. The minimum absolute atomic E-state index is 0.0191. The van der Waals surface area contributed by atoms with Crippen molar-refractivity contribution in [3.05, 3.63) is 88.9 Å². The lowest BCUT2D eigenvalue weighted by atomic mass is 10.1. The number of nitrogens with one attached hydrogen (secondary N) is 1. The van der Waals surface area contributed by atoms with Gasteiger partial charge in [0.05, 0.1) is 17.7 Å². The Hall–Kier alpha value is -3.56. The van der Waals surface area contributed by atoms with E-state index in [-0.39, 0.29) is 28.8 Å².